The highest BCUT2D eigenvalue weighted by atomic mass is 35.5. The first-order valence-corrected chi connectivity index (χ1v) is 7.03. The molecule has 0 saturated heterocycles. The number of carboxylic acids is 1. The monoisotopic (exact) mass is 315 g/mol. The molecule has 1 aliphatic carbocycles. The summed E-state index contributed by atoms with van der Waals surface area (Å²) in [5.74, 6) is -1.41. The largest absolute Gasteiger partial charge is 0.479 e. The van der Waals surface area contributed by atoms with Gasteiger partial charge in [-0.2, -0.15) is 0 Å². The lowest BCUT2D eigenvalue weighted by Gasteiger charge is -2.38. The van der Waals surface area contributed by atoms with Crippen LogP contribution in [-0.2, 0) is 15.1 Å². The van der Waals surface area contributed by atoms with Crippen LogP contribution < -0.4 is 0 Å². The molecule has 2 rings (SSSR count). The molecule has 1 fully saturated rings. The van der Waals surface area contributed by atoms with E-state index in [2.05, 4.69) is 0 Å². The molecule has 1 aromatic carbocycles. The van der Waals surface area contributed by atoms with Gasteiger partial charge in [-0.1, -0.05) is 23.2 Å². The Morgan fingerprint density at radius 1 is 1.35 bits per heavy atom. The van der Waals surface area contributed by atoms with E-state index in [0.717, 1.165) is 12.8 Å². The van der Waals surface area contributed by atoms with Crippen molar-refractivity contribution in [2.24, 2.45) is 0 Å². The molecule has 0 spiro atoms. The summed E-state index contributed by atoms with van der Waals surface area (Å²) in [7, 11) is 0. The van der Waals surface area contributed by atoms with E-state index >= 15 is 0 Å². The van der Waals surface area contributed by atoms with E-state index in [1.807, 2.05) is 0 Å². The number of halogens is 2. The van der Waals surface area contributed by atoms with Crippen LogP contribution in [0.15, 0.2) is 18.2 Å². The lowest BCUT2D eigenvalue weighted by atomic mass is 9.89. The molecule has 20 heavy (non-hydrogen) atoms. The van der Waals surface area contributed by atoms with E-state index in [4.69, 9.17) is 23.2 Å². The Kier molecular flexibility index (Phi) is 3.98. The summed E-state index contributed by atoms with van der Waals surface area (Å²) >= 11 is 12.1. The zero-order chi connectivity index (χ0) is 15.1. The van der Waals surface area contributed by atoms with Gasteiger partial charge in [0.05, 0.1) is 0 Å². The Balaban J connectivity index is 2.61. The summed E-state index contributed by atoms with van der Waals surface area (Å²) in [6.45, 7) is 2.87. The van der Waals surface area contributed by atoms with Gasteiger partial charge < -0.3 is 10.0 Å². The maximum Gasteiger partial charge on any atom is 0.334 e. The fourth-order valence-electron chi connectivity index (χ4n) is 2.49. The maximum absolute atomic E-state index is 11.9. The van der Waals surface area contributed by atoms with Gasteiger partial charge in [0.15, 0.2) is 5.54 Å². The molecule has 1 atom stereocenters. The summed E-state index contributed by atoms with van der Waals surface area (Å²) in [5, 5.41) is 10.4. The summed E-state index contributed by atoms with van der Waals surface area (Å²) < 4.78 is 0. The van der Waals surface area contributed by atoms with Gasteiger partial charge in [0, 0.05) is 28.6 Å². The molecule has 0 aromatic heterocycles. The van der Waals surface area contributed by atoms with Crippen LogP contribution in [0.2, 0.25) is 10.0 Å². The summed E-state index contributed by atoms with van der Waals surface area (Å²) in [6, 6.07) is 4.59. The number of hydrogen-bond donors (Lipinski definition) is 1. The van der Waals surface area contributed by atoms with E-state index < -0.39 is 11.5 Å². The summed E-state index contributed by atoms with van der Waals surface area (Å²) in [4.78, 5) is 25.2. The van der Waals surface area contributed by atoms with Crippen LogP contribution in [-0.4, -0.2) is 27.9 Å². The molecule has 1 aromatic rings. The maximum atomic E-state index is 11.9. The van der Waals surface area contributed by atoms with Crippen molar-refractivity contribution in [2.45, 2.75) is 38.3 Å². The third-order valence-corrected chi connectivity index (χ3v) is 4.17. The van der Waals surface area contributed by atoms with Crippen molar-refractivity contribution in [3.8, 4) is 0 Å². The molecule has 0 heterocycles. The Hall–Kier alpha value is -1.26. The number of carbonyl (C=O) groups excluding carboxylic acids is 1. The van der Waals surface area contributed by atoms with Crippen molar-refractivity contribution in [3.05, 3.63) is 33.8 Å². The van der Waals surface area contributed by atoms with Crippen molar-refractivity contribution in [1.29, 1.82) is 0 Å². The van der Waals surface area contributed by atoms with Crippen molar-refractivity contribution < 1.29 is 14.7 Å². The number of rotatable bonds is 4. The predicted molar refractivity (Wildman–Crippen MR) is 77.0 cm³/mol. The lowest BCUT2D eigenvalue weighted by molar-refractivity contribution is -0.159. The number of carbonyl (C=O) groups is 2. The Labute approximate surface area is 127 Å². The minimum absolute atomic E-state index is 0.0522. The van der Waals surface area contributed by atoms with Crippen molar-refractivity contribution >= 4 is 35.1 Å². The first-order valence-electron chi connectivity index (χ1n) is 6.27. The van der Waals surface area contributed by atoms with E-state index in [-0.39, 0.29) is 17.0 Å². The van der Waals surface area contributed by atoms with E-state index in [0.29, 0.717) is 10.6 Å². The van der Waals surface area contributed by atoms with Crippen LogP contribution in [0.4, 0.5) is 0 Å². The third kappa shape index (κ3) is 2.50. The third-order valence-electron chi connectivity index (χ3n) is 3.60. The van der Waals surface area contributed by atoms with Gasteiger partial charge in [-0.25, -0.2) is 4.79 Å². The number of benzene rings is 1. The summed E-state index contributed by atoms with van der Waals surface area (Å²) in [6.07, 6.45) is 1.61. The number of hydrogen-bond acceptors (Lipinski definition) is 2. The quantitative estimate of drug-likeness (QED) is 0.927. The van der Waals surface area contributed by atoms with Gasteiger partial charge in [0.1, 0.15) is 0 Å². The molecule has 0 radical (unpaired) electrons. The van der Waals surface area contributed by atoms with Crippen LogP contribution in [0.1, 0.15) is 32.3 Å². The first kappa shape index (κ1) is 15.1. The fourth-order valence-corrected chi connectivity index (χ4v) is 2.96. The average molecular weight is 316 g/mol. The van der Waals surface area contributed by atoms with Crippen molar-refractivity contribution in [3.63, 3.8) is 0 Å². The van der Waals surface area contributed by atoms with Crippen LogP contribution in [0.3, 0.4) is 0 Å². The second-order valence-electron chi connectivity index (χ2n) is 5.12. The van der Waals surface area contributed by atoms with E-state index in [1.165, 1.54) is 24.8 Å². The van der Waals surface area contributed by atoms with Crippen LogP contribution in [0.5, 0.6) is 0 Å². The number of carboxylic acid groups (broad SMARTS) is 1. The molecule has 1 saturated carbocycles. The highest BCUT2D eigenvalue weighted by Crippen LogP contribution is 2.41. The fraction of sp³-hybridized carbons (Fsp3) is 0.429. The van der Waals surface area contributed by atoms with E-state index in [1.54, 1.807) is 12.1 Å². The topological polar surface area (TPSA) is 57.6 Å². The predicted octanol–water partition coefficient (Wildman–Crippen LogP) is 3.30. The Morgan fingerprint density at radius 2 is 1.95 bits per heavy atom. The first-order chi connectivity index (χ1) is 9.28. The highest BCUT2D eigenvalue weighted by Gasteiger charge is 2.50. The van der Waals surface area contributed by atoms with Gasteiger partial charge in [-0.05, 0) is 38.0 Å². The van der Waals surface area contributed by atoms with Crippen LogP contribution in [0.25, 0.3) is 0 Å². The number of aliphatic carboxylic acids is 1. The number of nitrogens with zero attached hydrogens (tertiary/aromatic N) is 1. The minimum atomic E-state index is -1.52. The zero-order valence-electron chi connectivity index (χ0n) is 11.2. The molecule has 0 bridgehead atoms. The normalized spacial score (nSPS) is 17.4. The van der Waals surface area contributed by atoms with Gasteiger partial charge in [-0.15, -0.1) is 0 Å². The lowest BCUT2D eigenvalue weighted by Crippen LogP contribution is -2.53. The number of amides is 1. The molecule has 4 nitrogen and oxygen atoms in total. The average Bonchev–Trinajstić information content (AvgIpc) is 3.15. The van der Waals surface area contributed by atoms with Crippen molar-refractivity contribution in [2.75, 3.05) is 0 Å². The van der Waals surface area contributed by atoms with Gasteiger partial charge in [-0.3, -0.25) is 4.79 Å². The van der Waals surface area contributed by atoms with Crippen LogP contribution >= 0.6 is 23.2 Å². The molecule has 1 N–H and O–H groups in total. The SMILES string of the molecule is CC(=O)N(C1CC1)C(C)(C(=O)O)c1cc(Cl)ccc1Cl. The Bertz CT molecular complexity index is 572. The second kappa shape index (κ2) is 5.26. The molecule has 1 aliphatic rings. The molecule has 6 heteroatoms. The van der Waals surface area contributed by atoms with Gasteiger partial charge in [0.25, 0.3) is 0 Å². The minimum Gasteiger partial charge on any atom is -0.479 e. The van der Waals surface area contributed by atoms with E-state index in [9.17, 15) is 14.7 Å². The molecular formula is C14H15Cl2NO3. The smallest absolute Gasteiger partial charge is 0.334 e. The molecule has 0 aliphatic heterocycles. The highest BCUT2D eigenvalue weighted by molar-refractivity contribution is 6.34. The zero-order valence-corrected chi connectivity index (χ0v) is 12.7. The molecule has 1 unspecified atom stereocenters. The van der Waals surface area contributed by atoms with Crippen molar-refractivity contribution in [1.82, 2.24) is 4.90 Å². The van der Waals surface area contributed by atoms with Gasteiger partial charge in [0.2, 0.25) is 5.91 Å². The summed E-state index contributed by atoms with van der Waals surface area (Å²) in [5.41, 5.74) is -1.18. The van der Waals surface area contributed by atoms with Crippen LogP contribution in [0, 0.1) is 0 Å². The van der Waals surface area contributed by atoms with Gasteiger partial charge >= 0.3 is 5.97 Å². The second-order valence-corrected chi connectivity index (χ2v) is 5.97. The molecule has 1 amide bonds. The molecule has 108 valence electrons. The molecular weight excluding hydrogens is 301 g/mol. The Morgan fingerprint density at radius 3 is 2.40 bits per heavy atom. The standard InChI is InChI=1S/C14H15Cl2NO3/c1-8(18)17(10-4-5-10)14(2,13(19)20)11-7-9(15)3-6-12(11)16/h3,6-7,10H,4-5H2,1-2H3,(H,19,20).